The van der Waals surface area contributed by atoms with Crippen LogP contribution in [0.15, 0.2) is 4.34 Å². The maximum absolute atomic E-state index is 12.5. The van der Waals surface area contributed by atoms with Gasteiger partial charge in [0.05, 0.1) is 12.1 Å². The van der Waals surface area contributed by atoms with Crippen molar-refractivity contribution in [1.29, 1.82) is 0 Å². The van der Waals surface area contributed by atoms with E-state index in [9.17, 15) is 4.79 Å². The molecule has 1 N–H and O–H groups in total. The van der Waals surface area contributed by atoms with E-state index in [1.165, 1.54) is 19.3 Å². The number of carbonyl (C=O) groups is 1. The smallest absolute Gasteiger partial charge is 0.225 e. The fraction of sp³-hybridized carbons (Fsp3) is 0.765. The minimum absolute atomic E-state index is 0.153. The van der Waals surface area contributed by atoms with Crippen LogP contribution in [-0.2, 0) is 11.2 Å². The van der Waals surface area contributed by atoms with Crippen molar-refractivity contribution in [2.45, 2.75) is 70.2 Å². The molecule has 5 heteroatoms. The lowest BCUT2D eigenvalue weighted by molar-refractivity contribution is -0.122. The SMILES string of the molecule is CSc1nc(C)c(CC(=O)NC2CCCCC2C(C)(C)C)s1. The number of nitrogens with one attached hydrogen (secondary N) is 1. The van der Waals surface area contributed by atoms with E-state index >= 15 is 0 Å². The lowest BCUT2D eigenvalue weighted by Gasteiger charge is -2.40. The molecule has 3 nitrogen and oxygen atoms in total. The molecule has 1 aromatic rings. The van der Waals surface area contributed by atoms with E-state index in [1.54, 1.807) is 23.1 Å². The molecule has 0 aromatic carbocycles. The van der Waals surface area contributed by atoms with Gasteiger partial charge >= 0.3 is 0 Å². The molecule has 22 heavy (non-hydrogen) atoms. The summed E-state index contributed by atoms with van der Waals surface area (Å²) in [7, 11) is 0. The number of hydrogen-bond acceptors (Lipinski definition) is 4. The van der Waals surface area contributed by atoms with Crippen LogP contribution in [0.3, 0.4) is 0 Å². The Morgan fingerprint density at radius 1 is 1.36 bits per heavy atom. The summed E-state index contributed by atoms with van der Waals surface area (Å²) in [6, 6.07) is 0.328. The number of aryl methyl sites for hydroxylation is 1. The number of aromatic nitrogens is 1. The Morgan fingerprint density at radius 2 is 2.05 bits per heavy atom. The van der Waals surface area contributed by atoms with Gasteiger partial charge in [-0.1, -0.05) is 45.4 Å². The highest BCUT2D eigenvalue weighted by molar-refractivity contribution is 8.00. The van der Waals surface area contributed by atoms with Crippen LogP contribution in [0.25, 0.3) is 0 Å². The third kappa shape index (κ3) is 4.48. The summed E-state index contributed by atoms with van der Waals surface area (Å²) >= 11 is 3.29. The number of thiazole rings is 1. The molecule has 1 aliphatic carbocycles. The Morgan fingerprint density at radius 3 is 2.64 bits per heavy atom. The minimum Gasteiger partial charge on any atom is -0.353 e. The molecule has 0 radical (unpaired) electrons. The molecule has 0 bridgehead atoms. The zero-order chi connectivity index (χ0) is 16.3. The van der Waals surface area contributed by atoms with Crippen LogP contribution < -0.4 is 5.32 Å². The van der Waals surface area contributed by atoms with Gasteiger partial charge in [0.2, 0.25) is 5.91 Å². The first-order valence-electron chi connectivity index (χ1n) is 8.11. The average Bonchev–Trinajstić information content (AvgIpc) is 2.78. The van der Waals surface area contributed by atoms with Crippen LogP contribution in [0.4, 0.5) is 0 Å². The van der Waals surface area contributed by atoms with E-state index in [1.807, 2.05) is 13.2 Å². The van der Waals surface area contributed by atoms with Gasteiger partial charge in [-0.25, -0.2) is 4.98 Å². The van der Waals surface area contributed by atoms with Crippen LogP contribution in [0, 0.1) is 18.3 Å². The van der Waals surface area contributed by atoms with Crippen molar-refractivity contribution < 1.29 is 4.79 Å². The summed E-state index contributed by atoms with van der Waals surface area (Å²) in [4.78, 5) is 18.1. The first-order chi connectivity index (χ1) is 10.3. The Kier molecular flexibility index (Phi) is 5.94. The summed E-state index contributed by atoms with van der Waals surface area (Å²) < 4.78 is 1.05. The summed E-state index contributed by atoms with van der Waals surface area (Å²) in [5.74, 6) is 0.732. The molecule has 0 spiro atoms. The third-order valence-electron chi connectivity index (χ3n) is 4.59. The Bertz CT molecular complexity index is 519. The topological polar surface area (TPSA) is 42.0 Å². The highest BCUT2D eigenvalue weighted by atomic mass is 32.2. The number of rotatable bonds is 4. The van der Waals surface area contributed by atoms with E-state index in [0.29, 0.717) is 18.4 Å². The first kappa shape index (κ1) is 17.8. The van der Waals surface area contributed by atoms with Gasteiger partial charge < -0.3 is 5.32 Å². The van der Waals surface area contributed by atoms with Crippen LogP contribution >= 0.6 is 23.1 Å². The van der Waals surface area contributed by atoms with Gasteiger partial charge in [-0.05, 0) is 37.4 Å². The summed E-state index contributed by atoms with van der Waals surface area (Å²) in [6.07, 6.45) is 7.36. The van der Waals surface area contributed by atoms with Gasteiger partial charge in [0, 0.05) is 10.9 Å². The number of thioether (sulfide) groups is 1. The molecule has 2 unspecified atom stereocenters. The monoisotopic (exact) mass is 340 g/mol. The second-order valence-corrected chi connectivity index (χ2v) is 9.44. The average molecular weight is 341 g/mol. The molecule has 2 rings (SSSR count). The number of carbonyl (C=O) groups excluding carboxylic acids is 1. The predicted octanol–water partition coefficient (Wildman–Crippen LogP) is 4.44. The van der Waals surface area contributed by atoms with Crippen LogP contribution in [-0.4, -0.2) is 23.2 Å². The highest BCUT2D eigenvalue weighted by Crippen LogP contribution is 2.38. The van der Waals surface area contributed by atoms with Crippen molar-refractivity contribution >= 4 is 29.0 Å². The van der Waals surface area contributed by atoms with Gasteiger partial charge in [0.15, 0.2) is 0 Å². The lowest BCUT2D eigenvalue weighted by atomic mass is 9.69. The van der Waals surface area contributed by atoms with Crippen molar-refractivity contribution in [1.82, 2.24) is 10.3 Å². The Hall–Kier alpha value is -0.550. The molecule has 1 aromatic heterocycles. The molecular formula is C17H28N2OS2. The second-order valence-electron chi connectivity index (χ2n) is 7.30. The van der Waals surface area contributed by atoms with Crippen LogP contribution in [0.2, 0.25) is 0 Å². The van der Waals surface area contributed by atoms with Crippen molar-refractivity contribution in [2.24, 2.45) is 11.3 Å². The number of hydrogen-bond donors (Lipinski definition) is 1. The molecule has 124 valence electrons. The maximum Gasteiger partial charge on any atom is 0.225 e. The van der Waals surface area contributed by atoms with E-state index in [4.69, 9.17) is 0 Å². The molecule has 2 atom stereocenters. The minimum atomic E-state index is 0.153. The maximum atomic E-state index is 12.5. The first-order valence-corrected chi connectivity index (χ1v) is 10.1. The predicted molar refractivity (Wildman–Crippen MR) is 95.7 cm³/mol. The summed E-state index contributed by atoms with van der Waals surface area (Å²) in [5, 5.41) is 3.31. The molecule has 1 aliphatic rings. The fourth-order valence-electron chi connectivity index (χ4n) is 3.40. The second kappa shape index (κ2) is 7.35. The van der Waals surface area contributed by atoms with Crippen molar-refractivity contribution in [3.63, 3.8) is 0 Å². The fourth-order valence-corrected chi connectivity index (χ4v) is 5.05. The van der Waals surface area contributed by atoms with Gasteiger partial charge in [-0.3, -0.25) is 4.79 Å². The zero-order valence-corrected chi connectivity index (χ0v) is 16.0. The molecule has 0 aliphatic heterocycles. The van der Waals surface area contributed by atoms with Crippen molar-refractivity contribution in [3.05, 3.63) is 10.6 Å². The van der Waals surface area contributed by atoms with E-state index in [2.05, 4.69) is 31.1 Å². The summed E-state index contributed by atoms with van der Waals surface area (Å²) in [6.45, 7) is 8.87. The number of amides is 1. The van der Waals surface area contributed by atoms with Gasteiger partial charge in [0.1, 0.15) is 4.34 Å². The van der Waals surface area contributed by atoms with Crippen molar-refractivity contribution in [3.8, 4) is 0 Å². The van der Waals surface area contributed by atoms with E-state index < -0.39 is 0 Å². The number of nitrogens with zero attached hydrogens (tertiary/aromatic N) is 1. The quantitative estimate of drug-likeness (QED) is 0.824. The van der Waals surface area contributed by atoms with Crippen molar-refractivity contribution in [2.75, 3.05) is 6.26 Å². The molecule has 1 heterocycles. The largest absolute Gasteiger partial charge is 0.353 e. The molecule has 1 saturated carbocycles. The Labute approximate surface area is 142 Å². The summed E-state index contributed by atoms with van der Waals surface area (Å²) in [5.41, 5.74) is 1.26. The van der Waals surface area contributed by atoms with Gasteiger partial charge in [0.25, 0.3) is 0 Å². The molecule has 1 fully saturated rings. The van der Waals surface area contributed by atoms with E-state index in [-0.39, 0.29) is 11.3 Å². The van der Waals surface area contributed by atoms with Gasteiger partial charge in [-0.15, -0.1) is 11.3 Å². The molecule has 1 amide bonds. The Balaban J connectivity index is 1.99. The standard InChI is InChI=1S/C17H28N2OS2/c1-11-14(22-16(18-11)21-5)10-15(20)19-13-9-7-6-8-12(13)17(2,3)4/h12-13H,6-10H2,1-5H3,(H,19,20). The zero-order valence-electron chi connectivity index (χ0n) is 14.4. The van der Waals surface area contributed by atoms with Crippen LogP contribution in [0.1, 0.15) is 57.0 Å². The lowest BCUT2D eigenvalue weighted by Crippen LogP contribution is -2.47. The molecule has 0 saturated heterocycles. The molecular weight excluding hydrogens is 312 g/mol. The third-order valence-corrected chi connectivity index (χ3v) is 6.74. The van der Waals surface area contributed by atoms with Crippen LogP contribution in [0.5, 0.6) is 0 Å². The van der Waals surface area contributed by atoms with Gasteiger partial charge in [-0.2, -0.15) is 0 Å². The normalized spacial score (nSPS) is 22.6. The highest BCUT2D eigenvalue weighted by Gasteiger charge is 2.34. The van der Waals surface area contributed by atoms with E-state index in [0.717, 1.165) is 21.3 Å².